The van der Waals surface area contributed by atoms with Crippen molar-refractivity contribution in [3.8, 4) is 0 Å². The summed E-state index contributed by atoms with van der Waals surface area (Å²) in [5, 5.41) is 0. The fraction of sp³-hybridized carbons (Fsp3) is 0.824. The van der Waals surface area contributed by atoms with Gasteiger partial charge in [-0.15, -0.1) is 0 Å². The van der Waals surface area contributed by atoms with E-state index in [2.05, 4.69) is 6.92 Å². The highest BCUT2D eigenvalue weighted by Crippen LogP contribution is 2.10. The molecule has 0 spiro atoms. The van der Waals surface area contributed by atoms with Gasteiger partial charge in [-0.2, -0.15) is 0 Å². The van der Waals surface area contributed by atoms with Gasteiger partial charge in [0.05, 0.1) is 6.61 Å². The van der Waals surface area contributed by atoms with E-state index in [4.69, 9.17) is 9.47 Å². The second-order valence-corrected chi connectivity index (χ2v) is 5.16. The standard InChI is InChI=1S/C17H32O3/c1-3-5-6-7-8-9-10-11-12-13-17(15-18)20-16-19-14-4-2/h13,15H,3-12,14,16H2,1-2H3/b17-13+. The van der Waals surface area contributed by atoms with E-state index in [9.17, 15) is 4.79 Å². The van der Waals surface area contributed by atoms with Crippen LogP contribution in [0, 0.1) is 0 Å². The molecular formula is C17H32O3. The molecule has 0 saturated heterocycles. The third-order valence-electron chi connectivity index (χ3n) is 3.18. The molecular weight excluding hydrogens is 252 g/mol. The van der Waals surface area contributed by atoms with Crippen LogP contribution in [-0.2, 0) is 14.3 Å². The van der Waals surface area contributed by atoms with E-state index in [1.807, 2.05) is 13.0 Å². The number of unbranched alkanes of at least 4 members (excludes halogenated alkanes) is 8. The van der Waals surface area contributed by atoms with Crippen LogP contribution in [0.2, 0.25) is 0 Å². The summed E-state index contributed by atoms with van der Waals surface area (Å²) in [6.45, 7) is 5.13. The number of hydrogen-bond donors (Lipinski definition) is 0. The van der Waals surface area contributed by atoms with Gasteiger partial charge in [-0.3, -0.25) is 4.79 Å². The van der Waals surface area contributed by atoms with Crippen molar-refractivity contribution >= 4 is 6.29 Å². The number of carbonyl (C=O) groups is 1. The predicted octanol–water partition coefficient (Wildman–Crippen LogP) is 5.00. The molecule has 118 valence electrons. The third-order valence-corrected chi connectivity index (χ3v) is 3.18. The van der Waals surface area contributed by atoms with E-state index in [0.717, 1.165) is 25.5 Å². The molecule has 0 heterocycles. The number of carbonyl (C=O) groups excluding carboxylic acids is 1. The van der Waals surface area contributed by atoms with Crippen LogP contribution < -0.4 is 0 Å². The molecule has 0 aliphatic carbocycles. The van der Waals surface area contributed by atoms with Crippen LogP contribution in [-0.4, -0.2) is 19.7 Å². The Kier molecular flexibility index (Phi) is 15.6. The molecule has 20 heavy (non-hydrogen) atoms. The highest BCUT2D eigenvalue weighted by atomic mass is 16.7. The molecule has 0 rings (SSSR count). The van der Waals surface area contributed by atoms with E-state index in [1.54, 1.807) is 0 Å². The first-order chi connectivity index (χ1) is 9.85. The Morgan fingerprint density at radius 2 is 1.55 bits per heavy atom. The maximum atomic E-state index is 10.8. The topological polar surface area (TPSA) is 35.5 Å². The van der Waals surface area contributed by atoms with Gasteiger partial charge in [0.1, 0.15) is 0 Å². The second kappa shape index (κ2) is 16.2. The first-order valence-corrected chi connectivity index (χ1v) is 8.21. The molecule has 0 aliphatic heterocycles. The van der Waals surface area contributed by atoms with Crippen LogP contribution >= 0.6 is 0 Å². The van der Waals surface area contributed by atoms with Crippen LogP contribution in [0.5, 0.6) is 0 Å². The molecule has 0 N–H and O–H groups in total. The third kappa shape index (κ3) is 13.6. The summed E-state index contributed by atoms with van der Waals surface area (Å²) in [6, 6.07) is 0. The van der Waals surface area contributed by atoms with E-state index < -0.39 is 0 Å². The summed E-state index contributed by atoms with van der Waals surface area (Å²) in [5.74, 6) is 0.407. The van der Waals surface area contributed by atoms with Gasteiger partial charge in [0.15, 0.2) is 18.8 Å². The number of allylic oxidation sites excluding steroid dienone is 2. The molecule has 0 aromatic carbocycles. The minimum atomic E-state index is 0.176. The highest BCUT2D eigenvalue weighted by molar-refractivity contribution is 5.69. The number of hydrogen-bond acceptors (Lipinski definition) is 3. The average Bonchev–Trinajstić information content (AvgIpc) is 2.47. The van der Waals surface area contributed by atoms with Crippen molar-refractivity contribution in [1.29, 1.82) is 0 Å². The molecule has 0 fully saturated rings. The van der Waals surface area contributed by atoms with Crippen molar-refractivity contribution < 1.29 is 14.3 Å². The van der Waals surface area contributed by atoms with Crippen LogP contribution in [0.25, 0.3) is 0 Å². The van der Waals surface area contributed by atoms with Crippen LogP contribution in [0.1, 0.15) is 78.1 Å². The van der Waals surface area contributed by atoms with Crippen molar-refractivity contribution in [3.63, 3.8) is 0 Å². The lowest BCUT2D eigenvalue weighted by Gasteiger charge is -2.05. The largest absolute Gasteiger partial charge is 0.464 e. The maximum absolute atomic E-state index is 10.8. The summed E-state index contributed by atoms with van der Waals surface area (Å²) in [6.07, 6.45) is 14.9. The second-order valence-electron chi connectivity index (χ2n) is 5.16. The highest BCUT2D eigenvalue weighted by Gasteiger charge is 1.96. The molecule has 0 amide bonds. The summed E-state index contributed by atoms with van der Waals surface area (Å²) >= 11 is 0. The molecule has 0 atom stereocenters. The van der Waals surface area contributed by atoms with E-state index in [1.165, 1.54) is 44.9 Å². The zero-order chi connectivity index (χ0) is 14.9. The lowest BCUT2D eigenvalue weighted by atomic mass is 10.1. The number of ether oxygens (including phenoxy) is 2. The zero-order valence-corrected chi connectivity index (χ0v) is 13.4. The fourth-order valence-electron chi connectivity index (χ4n) is 1.98. The van der Waals surface area contributed by atoms with Gasteiger partial charge in [0.2, 0.25) is 0 Å². The molecule has 0 unspecified atom stereocenters. The van der Waals surface area contributed by atoms with Gasteiger partial charge in [-0.1, -0.05) is 58.8 Å². The minimum Gasteiger partial charge on any atom is -0.464 e. The van der Waals surface area contributed by atoms with E-state index in [-0.39, 0.29) is 6.79 Å². The van der Waals surface area contributed by atoms with Crippen molar-refractivity contribution in [3.05, 3.63) is 11.8 Å². The molecule has 0 aromatic heterocycles. The van der Waals surface area contributed by atoms with Crippen molar-refractivity contribution in [1.82, 2.24) is 0 Å². The predicted molar refractivity (Wildman–Crippen MR) is 83.6 cm³/mol. The molecule has 0 aromatic rings. The smallest absolute Gasteiger partial charge is 0.189 e. The fourth-order valence-corrected chi connectivity index (χ4v) is 1.98. The Hall–Kier alpha value is -0.830. The van der Waals surface area contributed by atoms with Crippen LogP contribution in [0.3, 0.4) is 0 Å². The Labute approximate surface area is 124 Å². The van der Waals surface area contributed by atoms with Crippen LogP contribution in [0.4, 0.5) is 0 Å². The Morgan fingerprint density at radius 1 is 0.900 bits per heavy atom. The van der Waals surface area contributed by atoms with Crippen LogP contribution in [0.15, 0.2) is 11.8 Å². The lowest BCUT2D eigenvalue weighted by Crippen LogP contribution is -2.01. The first-order valence-electron chi connectivity index (χ1n) is 8.21. The summed E-state index contributed by atoms with van der Waals surface area (Å²) in [4.78, 5) is 10.8. The normalized spacial score (nSPS) is 11.6. The molecule has 0 radical (unpaired) electrons. The van der Waals surface area contributed by atoms with Crippen molar-refractivity contribution in [2.75, 3.05) is 13.4 Å². The van der Waals surface area contributed by atoms with Crippen molar-refractivity contribution in [2.24, 2.45) is 0 Å². The Balaban J connectivity index is 3.42. The molecule has 0 aliphatic rings. The van der Waals surface area contributed by atoms with Crippen molar-refractivity contribution in [2.45, 2.75) is 78.1 Å². The lowest BCUT2D eigenvalue weighted by molar-refractivity contribution is -0.111. The summed E-state index contributed by atoms with van der Waals surface area (Å²) < 4.78 is 10.4. The molecule has 0 bridgehead atoms. The van der Waals surface area contributed by atoms with Gasteiger partial charge in [0.25, 0.3) is 0 Å². The molecule has 3 heteroatoms. The Morgan fingerprint density at radius 3 is 2.15 bits per heavy atom. The zero-order valence-electron chi connectivity index (χ0n) is 13.4. The van der Waals surface area contributed by atoms with Gasteiger partial charge >= 0.3 is 0 Å². The summed E-state index contributed by atoms with van der Waals surface area (Å²) in [7, 11) is 0. The van der Waals surface area contributed by atoms with Gasteiger partial charge in [-0.05, 0) is 25.3 Å². The van der Waals surface area contributed by atoms with E-state index >= 15 is 0 Å². The van der Waals surface area contributed by atoms with Gasteiger partial charge < -0.3 is 9.47 Å². The minimum absolute atomic E-state index is 0.176. The maximum Gasteiger partial charge on any atom is 0.189 e. The average molecular weight is 284 g/mol. The van der Waals surface area contributed by atoms with E-state index in [0.29, 0.717) is 12.4 Å². The monoisotopic (exact) mass is 284 g/mol. The number of aldehydes is 1. The Bertz CT molecular complexity index is 236. The van der Waals surface area contributed by atoms with Gasteiger partial charge in [-0.25, -0.2) is 0 Å². The number of rotatable bonds is 15. The SMILES string of the molecule is CCCCCCCCCC/C=C(\C=O)OCOCCC. The first kappa shape index (κ1) is 19.2. The molecule has 0 saturated carbocycles. The quantitative estimate of drug-likeness (QED) is 0.139. The molecule has 3 nitrogen and oxygen atoms in total. The summed E-state index contributed by atoms with van der Waals surface area (Å²) in [5.41, 5.74) is 0. The van der Waals surface area contributed by atoms with Gasteiger partial charge in [0, 0.05) is 0 Å².